The summed E-state index contributed by atoms with van der Waals surface area (Å²) in [5.74, 6) is -0.703. The average Bonchev–Trinajstić information content (AvgIpc) is 2.70. The van der Waals surface area contributed by atoms with Crippen LogP contribution < -0.4 is 15.5 Å². The van der Waals surface area contributed by atoms with E-state index < -0.39 is 0 Å². The van der Waals surface area contributed by atoms with E-state index in [9.17, 15) is 9.59 Å². The van der Waals surface area contributed by atoms with Crippen LogP contribution in [-0.2, 0) is 0 Å². The summed E-state index contributed by atoms with van der Waals surface area (Å²) in [4.78, 5) is 30.9. The Bertz CT molecular complexity index is 986. The zero-order valence-electron chi connectivity index (χ0n) is 15.4. The number of rotatable bonds is 5. The highest BCUT2D eigenvalue weighted by molar-refractivity contribution is 6.30. The van der Waals surface area contributed by atoms with Gasteiger partial charge in [0.15, 0.2) is 0 Å². The number of halogens is 1. The third kappa shape index (κ3) is 4.86. The van der Waals surface area contributed by atoms with Crippen LogP contribution in [0.25, 0.3) is 0 Å². The Kier molecular flexibility index (Phi) is 5.91. The molecule has 0 aliphatic carbocycles. The fraction of sp³-hybridized carbons (Fsp3) is 0.0952. The molecule has 28 heavy (non-hydrogen) atoms. The molecule has 3 rings (SSSR count). The molecule has 0 saturated heterocycles. The number of nitrogens with one attached hydrogen (secondary N) is 2. The van der Waals surface area contributed by atoms with E-state index in [1.54, 1.807) is 24.3 Å². The van der Waals surface area contributed by atoms with Crippen LogP contribution in [0, 0.1) is 0 Å². The minimum atomic E-state index is -0.361. The topological polar surface area (TPSA) is 74.3 Å². The first-order chi connectivity index (χ1) is 13.4. The predicted octanol–water partition coefficient (Wildman–Crippen LogP) is 4.31. The molecular formula is C21H19ClN4O2. The molecule has 0 aliphatic rings. The molecule has 2 aromatic carbocycles. The van der Waals surface area contributed by atoms with Gasteiger partial charge in [-0.25, -0.2) is 0 Å². The summed E-state index contributed by atoms with van der Waals surface area (Å²) >= 11 is 5.84. The lowest BCUT2D eigenvalue weighted by atomic mass is 10.1. The Labute approximate surface area is 168 Å². The van der Waals surface area contributed by atoms with Crippen molar-refractivity contribution in [2.45, 2.75) is 0 Å². The fourth-order valence-corrected chi connectivity index (χ4v) is 2.60. The lowest BCUT2D eigenvalue weighted by molar-refractivity contribution is 0.102. The molecule has 1 aromatic heterocycles. The summed E-state index contributed by atoms with van der Waals surface area (Å²) in [7, 11) is 3.89. The van der Waals surface area contributed by atoms with Crippen molar-refractivity contribution in [3.05, 3.63) is 83.1 Å². The second-order valence-corrected chi connectivity index (χ2v) is 6.76. The standard InChI is InChI=1S/C21H19ClN4O2/c1-26(2)19-9-7-18(8-10-19)25-21(28)15-11-14(12-23-13-15)20(27)24-17-5-3-16(22)4-6-17/h3-13H,1-2H3,(H,24,27)(H,25,28). The number of aromatic nitrogens is 1. The predicted molar refractivity (Wildman–Crippen MR) is 112 cm³/mol. The van der Waals surface area contributed by atoms with Crippen LogP contribution in [0.5, 0.6) is 0 Å². The van der Waals surface area contributed by atoms with Crippen LogP contribution in [0.1, 0.15) is 20.7 Å². The number of amides is 2. The number of carbonyl (C=O) groups excluding carboxylic acids is 2. The van der Waals surface area contributed by atoms with Crippen molar-refractivity contribution in [1.29, 1.82) is 0 Å². The molecule has 7 heteroatoms. The molecule has 0 saturated carbocycles. The van der Waals surface area contributed by atoms with E-state index in [0.717, 1.165) is 5.69 Å². The number of pyridine rings is 1. The molecule has 142 valence electrons. The molecule has 1 heterocycles. The van der Waals surface area contributed by atoms with Gasteiger partial charge in [-0.05, 0) is 54.6 Å². The lowest BCUT2D eigenvalue weighted by Gasteiger charge is -2.13. The Morgan fingerprint density at radius 1 is 0.821 bits per heavy atom. The maximum Gasteiger partial charge on any atom is 0.257 e. The van der Waals surface area contributed by atoms with Crippen molar-refractivity contribution in [1.82, 2.24) is 4.98 Å². The van der Waals surface area contributed by atoms with Gasteiger partial charge >= 0.3 is 0 Å². The fourth-order valence-electron chi connectivity index (χ4n) is 2.47. The van der Waals surface area contributed by atoms with Gasteiger partial charge in [0.25, 0.3) is 11.8 Å². The molecular weight excluding hydrogens is 376 g/mol. The summed E-state index contributed by atoms with van der Waals surface area (Å²) in [6.45, 7) is 0. The molecule has 6 nitrogen and oxygen atoms in total. The van der Waals surface area contributed by atoms with E-state index in [0.29, 0.717) is 22.0 Å². The summed E-state index contributed by atoms with van der Waals surface area (Å²) in [6, 6.07) is 15.7. The van der Waals surface area contributed by atoms with Gasteiger partial charge in [-0.2, -0.15) is 0 Å². The number of hydrogen-bond acceptors (Lipinski definition) is 4. The molecule has 0 aliphatic heterocycles. The van der Waals surface area contributed by atoms with E-state index >= 15 is 0 Å². The smallest absolute Gasteiger partial charge is 0.257 e. The summed E-state index contributed by atoms with van der Waals surface area (Å²) in [5, 5.41) is 6.13. The van der Waals surface area contributed by atoms with E-state index in [-0.39, 0.29) is 17.4 Å². The largest absolute Gasteiger partial charge is 0.378 e. The highest BCUT2D eigenvalue weighted by Gasteiger charge is 2.12. The number of hydrogen-bond donors (Lipinski definition) is 2. The molecule has 0 atom stereocenters. The number of anilines is 3. The van der Waals surface area contributed by atoms with Gasteiger partial charge < -0.3 is 15.5 Å². The maximum atomic E-state index is 12.5. The normalized spacial score (nSPS) is 10.2. The average molecular weight is 395 g/mol. The monoisotopic (exact) mass is 394 g/mol. The molecule has 3 aromatic rings. The van der Waals surface area contributed by atoms with Gasteiger partial charge in [0.2, 0.25) is 0 Å². The van der Waals surface area contributed by atoms with Crippen molar-refractivity contribution < 1.29 is 9.59 Å². The van der Waals surface area contributed by atoms with Crippen molar-refractivity contribution >= 4 is 40.5 Å². The van der Waals surface area contributed by atoms with Crippen molar-refractivity contribution in [2.24, 2.45) is 0 Å². The molecule has 0 spiro atoms. The summed E-state index contributed by atoms with van der Waals surface area (Å²) in [6.07, 6.45) is 2.83. The Balaban J connectivity index is 1.70. The highest BCUT2D eigenvalue weighted by Crippen LogP contribution is 2.17. The molecule has 2 N–H and O–H groups in total. The van der Waals surface area contributed by atoms with Crippen LogP contribution in [0.15, 0.2) is 67.0 Å². The Hall–Kier alpha value is -3.38. The van der Waals surface area contributed by atoms with Crippen LogP contribution in [0.3, 0.4) is 0 Å². The minimum Gasteiger partial charge on any atom is -0.378 e. The Morgan fingerprint density at radius 2 is 1.29 bits per heavy atom. The molecule has 0 unspecified atom stereocenters. The van der Waals surface area contributed by atoms with Crippen LogP contribution in [-0.4, -0.2) is 30.9 Å². The lowest BCUT2D eigenvalue weighted by Crippen LogP contribution is -2.16. The van der Waals surface area contributed by atoms with Gasteiger partial charge in [0.05, 0.1) is 11.1 Å². The minimum absolute atomic E-state index is 0.283. The zero-order chi connectivity index (χ0) is 20.1. The Morgan fingerprint density at radius 3 is 1.75 bits per heavy atom. The highest BCUT2D eigenvalue weighted by atomic mass is 35.5. The first-order valence-corrected chi connectivity index (χ1v) is 8.91. The SMILES string of the molecule is CN(C)c1ccc(NC(=O)c2cncc(C(=O)Nc3ccc(Cl)cc3)c2)cc1. The summed E-state index contributed by atoms with van der Waals surface area (Å²) < 4.78 is 0. The second kappa shape index (κ2) is 8.54. The molecule has 0 fully saturated rings. The van der Waals surface area contributed by atoms with Crippen LogP contribution in [0.4, 0.5) is 17.1 Å². The number of benzene rings is 2. The van der Waals surface area contributed by atoms with Crippen molar-refractivity contribution in [2.75, 3.05) is 29.6 Å². The first kappa shape index (κ1) is 19.4. The second-order valence-electron chi connectivity index (χ2n) is 6.32. The van der Waals surface area contributed by atoms with Crippen LogP contribution in [0.2, 0.25) is 5.02 Å². The van der Waals surface area contributed by atoms with Gasteiger partial charge in [-0.3, -0.25) is 14.6 Å². The van der Waals surface area contributed by atoms with E-state index in [1.807, 2.05) is 43.3 Å². The zero-order valence-corrected chi connectivity index (χ0v) is 16.2. The van der Waals surface area contributed by atoms with Crippen molar-refractivity contribution in [3.63, 3.8) is 0 Å². The number of carbonyl (C=O) groups is 2. The summed E-state index contributed by atoms with van der Waals surface area (Å²) in [5.41, 5.74) is 2.86. The first-order valence-electron chi connectivity index (χ1n) is 8.53. The molecule has 2 amide bonds. The third-order valence-electron chi connectivity index (χ3n) is 4.01. The van der Waals surface area contributed by atoms with Gasteiger partial charge in [0.1, 0.15) is 0 Å². The third-order valence-corrected chi connectivity index (χ3v) is 4.26. The number of nitrogens with zero attached hydrogens (tertiary/aromatic N) is 2. The van der Waals surface area contributed by atoms with Gasteiger partial charge in [0, 0.05) is 48.6 Å². The van der Waals surface area contributed by atoms with Crippen molar-refractivity contribution in [3.8, 4) is 0 Å². The van der Waals surface area contributed by atoms with E-state index in [2.05, 4.69) is 15.6 Å². The van der Waals surface area contributed by atoms with Gasteiger partial charge in [-0.15, -0.1) is 0 Å². The van der Waals surface area contributed by atoms with Gasteiger partial charge in [-0.1, -0.05) is 11.6 Å². The van der Waals surface area contributed by atoms with E-state index in [4.69, 9.17) is 11.6 Å². The maximum absolute atomic E-state index is 12.5. The quantitative estimate of drug-likeness (QED) is 0.676. The molecule has 0 radical (unpaired) electrons. The molecule has 0 bridgehead atoms. The van der Waals surface area contributed by atoms with E-state index in [1.165, 1.54) is 18.5 Å². The van der Waals surface area contributed by atoms with Crippen LogP contribution >= 0.6 is 11.6 Å².